The molecule has 0 bridgehead atoms. The number of hydrogen-bond donors (Lipinski definition) is 2. The van der Waals surface area contributed by atoms with Gasteiger partial charge in [-0.3, -0.25) is 9.69 Å². The number of rotatable bonds is 5. The highest BCUT2D eigenvalue weighted by molar-refractivity contribution is 9.10. The van der Waals surface area contributed by atoms with Crippen LogP contribution < -0.4 is 11.1 Å². The summed E-state index contributed by atoms with van der Waals surface area (Å²) in [6.07, 6.45) is 4.45. The summed E-state index contributed by atoms with van der Waals surface area (Å²) in [5.74, 6) is -0.0249. The summed E-state index contributed by atoms with van der Waals surface area (Å²) < 4.78 is 0.893. The monoisotopic (exact) mass is 373 g/mol. The van der Waals surface area contributed by atoms with Gasteiger partial charge in [-0.15, -0.1) is 0 Å². The smallest absolute Gasteiger partial charge is 0.238 e. The maximum atomic E-state index is 12.2. The lowest BCUT2D eigenvalue weighted by atomic mass is 9.99. The molecule has 1 atom stereocenters. The molecule has 0 aliphatic carbocycles. The van der Waals surface area contributed by atoms with Crippen LogP contribution in [0.15, 0.2) is 22.7 Å². The van der Waals surface area contributed by atoms with E-state index < -0.39 is 0 Å². The summed E-state index contributed by atoms with van der Waals surface area (Å²) in [4.78, 5) is 14.4. The summed E-state index contributed by atoms with van der Waals surface area (Å²) in [7, 11) is 0. The maximum Gasteiger partial charge on any atom is 0.238 e. The minimum absolute atomic E-state index is 0.0249. The molecule has 0 saturated carbocycles. The predicted octanol–water partition coefficient (Wildman–Crippen LogP) is 3.24. The van der Waals surface area contributed by atoms with Crippen molar-refractivity contribution in [3.63, 3.8) is 0 Å². The molecule has 1 aliphatic heterocycles. The zero-order chi connectivity index (χ0) is 15.2. The van der Waals surface area contributed by atoms with Gasteiger partial charge in [-0.2, -0.15) is 0 Å². The van der Waals surface area contributed by atoms with Crippen LogP contribution in [0.1, 0.15) is 25.7 Å². The number of halogens is 2. The number of carbonyl (C=O) groups is 1. The van der Waals surface area contributed by atoms with Crippen molar-refractivity contribution in [1.82, 2.24) is 4.90 Å². The zero-order valence-corrected chi connectivity index (χ0v) is 14.3. The molecule has 1 aromatic rings. The van der Waals surface area contributed by atoms with Crippen molar-refractivity contribution >= 4 is 39.1 Å². The number of hydrogen-bond acceptors (Lipinski definition) is 3. The summed E-state index contributed by atoms with van der Waals surface area (Å²) in [5.41, 5.74) is 6.31. The Morgan fingerprint density at radius 1 is 1.48 bits per heavy atom. The molecule has 21 heavy (non-hydrogen) atoms. The van der Waals surface area contributed by atoms with E-state index in [1.54, 1.807) is 12.1 Å². The van der Waals surface area contributed by atoms with Crippen LogP contribution in [-0.2, 0) is 4.79 Å². The molecule has 1 saturated heterocycles. The average molecular weight is 375 g/mol. The lowest BCUT2D eigenvalue weighted by Gasteiger charge is -2.35. The molecule has 116 valence electrons. The van der Waals surface area contributed by atoms with Crippen molar-refractivity contribution in [3.05, 3.63) is 27.7 Å². The molecule has 1 fully saturated rings. The third-order valence-corrected chi connectivity index (χ3v) is 4.61. The summed E-state index contributed by atoms with van der Waals surface area (Å²) in [6.45, 7) is 2.03. The fourth-order valence-electron chi connectivity index (χ4n) is 2.75. The molecule has 0 radical (unpaired) electrons. The zero-order valence-electron chi connectivity index (χ0n) is 11.9. The van der Waals surface area contributed by atoms with Gasteiger partial charge < -0.3 is 11.1 Å². The van der Waals surface area contributed by atoms with Gasteiger partial charge in [0.05, 0.1) is 17.3 Å². The molecule has 1 unspecified atom stereocenters. The van der Waals surface area contributed by atoms with E-state index in [1.165, 1.54) is 6.42 Å². The van der Waals surface area contributed by atoms with Gasteiger partial charge in [-0.1, -0.05) is 34.0 Å². The van der Waals surface area contributed by atoms with E-state index in [-0.39, 0.29) is 5.91 Å². The van der Waals surface area contributed by atoms with E-state index in [2.05, 4.69) is 26.1 Å². The standard InChI is InChI=1S/C15H21BrClN3O/c16-11-4-5-14(13(17)9-11)19-15(21)10-20-8-2-1-3-12(20)6-7-18/h4-5,9,12H,1-3,6-8,10,18H2,(H,19,21). The van der Waals surface area contributed by atoms with Crippen molar-refractivity contribution in [3.8, 4) is 0 Å². The fraction of sp³-hybridized carbons (Fsp3) is 0.533. The Labute approximate surface area is 139 Å². The largest absolute Gasteiger partial charge is 0.330 e. The van der Waals surface area contributed by atoms with Gasteiger partial charge in [-0.05, 0) is 50.6 Å². The molecule has 1 amide bonds. The van der Waals surface area contributed by atoms with Crippen LogP contribution in [-0.4, -0.2) is 36.5 Å². The summed E-state index contributed by atoms with van der Waals surface area (Å²) >= 11 is 9.47. The van der Waals surface area contributed by atoms with Crippen LogP contribution in [0, 0.1) is 0 Å². The summed E-state index contributed by atoms with van der Waals surface area (Å²) in [5, 5.41) is 3.42. The molecule has 6 heteroatoms. The summed E-state index contributed by atoms with van der Waals surface area (Å²) in [6, 6.07) is 5.86. The van der Waals surface area contributed by atoms with E-state index in [9.17, 15) is 4.79 Å². The van der Waals surface area contributed by atoms with E-state index in [0.717, 1.165) is 30.3 Å². The molecule has 3 N–H and O–H groups in total. The Hall–Kier alpha value is -0.620. The van der Waals surface area contributed by atoms with Crippen LogP contribution in [0.5, 0.6) is 0 Å². The third-order valence-electron chi connectivity index (χ3n) is 3.80. The van der Waals surface area contributed by atoms with Crippen LogP contribution in [0.25, 0.3) is 0 Å². The van der Waals surface area contributed by atoms with Crippen molar-refractivity contribution in [2.24, 2.45) is 5.73 Å². The highest BCUT2D eigenvalue weighted by Crippen LogP contribution is 2.26. The molecule has 1 aliphatic rings. The molecular formula is C15H21BrClN3O. The minimum atomic E-state index is -0.0249. The molecule has 0 aromatic heterocycles. The topological polar surface area (TPSA) is 58.4 Å². The number of benzene rings is 1. The third kappa shape index (κ3) is 4.95. The lowest BCUT2D eigenvalue weighted by molar-refractivity contribution is -0.118. The van der Waals surface area contributed by atoms with Crippen molar-refractivity contribution in [2.45, 2.75) is 31.7 Å². The molecule has 1 heterocycles. The molecule has 1 aromatic carbocycles. The van der Waals surface area contributed by atoms with Gasteiger partial charge in [0.2, 0.25) is 5.91 Å². The number of nitrogens with zero attached hydrogens (tertiary/aromatic N) is 1. The quantitative estimate of drug-likeness (QED) is 0.832. The van der Waals surface area contributed by atoms with Crippen molar-refractivity contribution in [1.29, 1.82) is 0 Å². The number of nitrogens with one attached hydrogen (secondary N) is 1. The fourth-order valence-corrected chi connectivity index (χ4v) is 3.47. The van der Waals surface area contributed by atoms with E-state index in [1.807, 2.05) is 6.07 Å². The second-order valence-corrected chi connectivity index (χ2v) is 6.69. The van der Waals surface area contributed by atoms with Crippen molar-refractivity contribution < 1.29 is 4.79 Å². The number of piperidine rings is 1. The van der Waals surface area contributed by atoms with Gasteiger partial charge in [0.1, 0.15) is 0 Å². The normalized spacial score (nSPS) is 19.5. The number of amides is 1. The SMILES string of the molecule is NCCC1CCCCN1CC(=O)Nc1ccc(Br)cc1Cl. The Balaban J connectivity index is 1.93. The van der Waals surface area contributed by atoms with Crippen LogP contribution >= 0.6 is 27.5 Å². The molecule has 4 nitrogen and oxygen atoms in total. The maximum absolute atomic E-state index is 12.2. The van der Waals surface area contributed by atoms with E-state index in [0.29, 0.717) is 29.8 Å². The van der Waals surface area contributed by atoms with Crippen molar-refractivity contribution in [2.75, 3.05) is 25.0 Å². The molecular weight excluding hydrogens is 354 g/mol. The second-order valence-electron chi connectivity index (χ2n) is 5.37. The highest BCUT2D eigenvalue weighted by Gasteiger charge is 2.23. The Kier molecular flexibility index (Phi) is 6.48. The lowest BCUT2D eigenvalue weighted by Crippen LogP contribution is -2.44. The first-order valence-electron chi connectivity index (χ1n) is 7.29. The Morgan fingerprint density at radius 2 is 2.29 bits per heavy atom. The number of anilines is 1. The van der Waals surface area contributed by atoms with E-state index in [4.69, 9.17) is 17.3 Å². The van der Waals surface area contributed by atoms with Crippen LogP contribution in [0.3, 0.4) is 0 Å². The highest BCUT2D eigenvalue weighted by atomic mass is 79.9. The Bertz CT molecular complexity index is 496. The average Bonchev–Trinajstić information content (AvgIpc) is 2.44. The van der Waals surface area contributed by atoms with Gasteiger partial charge in [0, 0.05) is 10.5 Å². The minimum Gasteiger partial charge on any atom is -0.330 e. The number of nitrogens with two attached hydrogens (primary N) is 1. The van der Waals surface area contributed by atoms with Crippen LogP contribution in [0.4, 0.5) is 5.69 Å². The number of likely N-dealkylation sites (tertiary alicyclic amines) is 1. The first kappa shape index (κ1) is 16.7. The predicted molar refractivity (Wildman–Crippen MR) is 90.7 cm³/mol. The first-order valence-corrected chi connectivity index (χ1v) is 8.46. The van der Waals surface area contributed by atoms with Gasteiger partial charge in [0.15, 0.2) is 0 Å². The van der Waals surface area contributed by atoms with Gasteiger partial charge >= 0.3 is 0 Å². The number of carbonyl (C=O) groups excluding carboxylic acids is 1. The second kappa shape index (κ2) is 8.13. The van der Waals surface area contributed by atoms with E-state index >= 15 is 0 Å². The van der Waals surface area contributed by atoms with Gasteiger partial charge in [-0.25, -0.2) is 0 Å². The molecule has 2 rings (SSSR count). The molecule has 0 spiro atoms. The Morgan fingerprint density at radius 3 is 3.00 bits per heavy atom. The van der Waals surface area contributed by atoms with Gasteiger partial charge in [0.25, 0.3) is 0 Å². The first-order chi connectivity index (χ1) is 10.1. The van der Waals surface area contributed by atoms with Crippen LogP contribution in [0.2, 0.25) is 5.02 Å².